The lowest BCUT2D eigenvalue weighted by atomic mass is 10.1. The van der Waals surface area contributed by atoms with Crippen LogP contribution in [0.25, 0.3) is 0 Å². The molecule has 0 atom stereocenters. The number of aryl methyl sites for hydroxylation is 2. The highest BCUT2D eigenvalue weighted by molar-refractivity contribution is 6.34. The summed E-state index contributed by atoms with van der Waals surface area (Å²) >= 11 is 11.9. The molecule has 0 saturated carbocycles. The Labute approximate surface area is 115 Å². The van der Waals surface area contributed by atoms with E-state index in [-0.39, 0.29) is 16.7 Å². The van der Waals surface area contributed by atoms with Gasteiger partial charge in [0, 0.05) is 5.02 Å². The quantitative estimate of drug-likeness (QED) is 0.911. The summed E-state index contributed by atoms with van der Waals surface area (Å²) in [6.45, 7) is 3.79. The van der Waals surface area contributed by atoms with Gasteiger partial charge in [-0.3, -0.25) is 0 Å². The fourth-order valence-electron chi connectivity index (χ4n) is 1.59. The fraction of sp³-hybridized carbons (Fsp3) is 0.167. The maximum Gasteiger partial charge on any atom is 0.243 e. The zero-order valence-electron chi connectivity index (χ0n) is 9.87. The number of anilines is 1. The normalized spacial score (nSPS) is 10.4. The Balaban J connectivity index is 2.43. The fourth-order valence-corrected chi connectivity index (χ4v) is 2.06. The third-order valence-corrected chi connectivity index (χ3v) is 2.98. The summed E-state index contributed by atoms with van der Waals surface area (Å²) in [4.78, 5) is 7.73. The van der Waals surface area contributed by atoms with Gasteiger partial charge in [-0.05, 0) is 37.1 Å². The highest BCUT2D eigenvalue weighted by Crippen LogP contribution is 2.34. The third-order valence-electron chi connectivity index (χ3n) is 2.41. The molecule has 18 heavy (non-hydrogen) atoms. The van der Waals surface area contributed by atoms with E-state index in [1.54, 1.807) is 0 Å². The molecule has 2 N–H and O–H groups in total. The second-order valence-corrected chi connectivity index (χ2v) is 4.66. The van der Waals surface area contributed by atoms with Crippen LogP contribution in [0.3, 0.4) is 0 Å². The van der Waals surface area contributed by atoms with Gasteiger partial charge in [-0.15, -0.1) is 0 Å². The highest BCUT2D eigenvalue weighted by atomic mass is 35.5. The van der Waals surface area contributed by atoms with Crippen molar-refractivity contribution < 1.29 is 4.74 Å². The van der Waals surface area contributed by atoms with Crippen molar-refractivity contribution in [3.63, 3.8) is 0 Å². The Morgan fingerprint density at radius 3 is 2.33 bits per heavy atom. The average Bonchev–Trinajstić information content (AvgIpc) is 2.28. The monoisotopic (exact) mass is 283 g/mol. The third kappa shape index (κ3) is 2.49. The van der Waals surface area contributed by atoms with Gasteiger partial charge in [0.25, 0.3) is 0 Å². The maximum absolute atomic E-state index is 5.98. The van der Waals surface area contributed by atoms with E-state index in [0.29, 0.717) is 10.8 Å². The predicted molar refractivity (Wildman–Crippen MR) is 72.5 cm³/mol. The minimum atomic E-state index is 0.186. The number of hydrogen-bond acceptors (Lipinski definition) is 4. The van der Waals surface area contributed by atoms with Crippen LogP contribution < -0.4 is 10.5 Å². The van der Waals surface area contributed by atoms with E-state index in [9.17, 15) is 0 Å². The van der Waals surface area contributed by atoms with Gasteiger partial charge in [0.2, 0.25) is 5.88 Å². The number of rotatable bonds is 2. The van der Waals surface area contributed by atoms with Gasteiger partial charge >= 0.3 is 0 Å². The predicted octanol–water partition coefficient (Wildman–Crippen LogP) is 3.77. The van der Waals surface area contributed by atoms with E-state index in [1.807, 2.05) is 26.0 Å². The van der Waals surface area contributed by atoms with Crippen LogP contribution in [0.15, 0.2) is 18.5 Å². The smallest absolute Gasteiger partial charge is 0.243 e. The molecule has 0 bridgehead atoms. The minimum absolute atomic E-state index is 0.186. The van der Waals surface area contributed by atoms with Crippen LogP contribution >= 0.6 is 23.2 Å². The van der Waals surface area contributed by atoms with Gasteiger partial charge in [0.15, 0.2) is 0 Å². The Morgan fingerprint density at radius 2 is 1.72 bits per heavy atom. The second-order valence-electron chi connectivity index (χ2n) is 3.85. The highest BCUT2D eigenvalue weighted by Gasteiger charge is 2.12. The van der Waals surface area contributed by atoms with Crippen molar-refractivity contribution in [1.82, 2.24) is 9.97 Å². The first kappa shape index (κ1) is 12.9. The van der Waals surface area contributed by atoms with Crippen LogP contribution in [0.5, 0.6) is 11.6 Å². The van der Waals surface area contributed by atoms with Gasteiger partial charge in [0.1, 0.15) is 22.9 Å². The number of ether oxygens (including phenoxy) is 1. The summed E-state index contributed by atoms with van der Waals surface area (Å²) in [7, 11) is 0. The summed E-state index contributed by atoms with van der Waals surface area (Å²) in [5, 5.41) is 0.858. The Hall–Kier alpha value is -1.52. The average molecular weight is 284 g/mol. The van der Waals surface area contributed by atoms with Gasteiger partial charge in [-0.2, -0.15) is 4.98 Å². The number of halogens is 2. The minimum Gasteiger partial charge on any atom is -0.437 e. The molecule has 2 aromatic rings. The lowest BCUT2D eigenvalue weighted by Gasteiger charge is -2.12. The Bertz CT molecular complexity index is 579. The second kappa shape index (κ2) is 5.00. The first-order valence-electron chi connectivity index (χ1n) is 5.19. The van der Waals surface area contributed by atoms with Crippen LogP contribution in [0, 0.1) is 13.8 Å². The molecule has 0 saturated heterocycles. The molecule has 2 rings (SSSR count). The van der Waals surface area contributed by atoms with Crippen LogP contribution in [-0.2, 0) is 0 Å². The molecule has 0 aliphatic heterocycles. The van der Waals surface area contributed by atoms with Gasteiger partial charge in [-0.1, -0.05) is 23.2 Å². The summed E-state index contributed by atoms with van der Waals surface area (Å²) in [5.41, 5.74) is 7.38. The summed E-state index contributed by atoms with van der Waals surface area (Å²) in [6.07, 6.45) is 1.30. The molecule has 0 fully saturated rings. The van der Waals surface area contributed by atoms with Gasteiger partial charge in [-0.25, -0.2) is 4.98 Å². The van der Waals surface area contributed by atoms with E-state index in [2.05, 4.69) is 9.97 Å². The zero-order chi connectivity index (χ0) is 13.3. The molecule has 1 aromatic carbocycles. The summed E-state index contributed by atoms with van der Waals surface area (Å²) < 4.78 is 5.68. The topological polar surface area (TPSA) is 61.0 Å². The molecule has 0 unspecified atom stereocenters. The SMILES string of the molecule is Cc1cc(Cl)cc(C)c1Oc1ncnc(N)c1Cl. The molecular formula is C12H11Cl2N3O. The Morgan fingerprint density at radius 1 is 1.11 bits per heavy atom. The first-order chi connectivity index (χ1) is 8.49. The van der Waals surface area contributed by atoms with E-state index < -0.39 is 0 Å². The van der Waals surface area contributed by atoms with Crippen molar-refractivity contribution in [2.45, 2.75) is 13.8 Å². The van der Waals surface area contributed by atoms with Crippen molar-refractivity contribution in [3.05, 3.63) is 39.6 Å². The molecular weight excluding hydrogens is 273 g/mol. The molecule has 94 valence electrons. The van der Waals surface area contributed by atoms with Crippen molar-refractivity contribution in [2.75, 3.05) is 5.73 Å². The van der Waals surface area contributed by atoms with E-state index in [1.165, 1.54) is 6.33 Å². The Kier molecular flexibility index (Phi) is 3.59. The van der Waals surface area contributed by atoms with Crippen molar-refractivity contribution in [1.29, 1.82) is 0 Å². The molecule has 0 spiro atoms. The molecule has 1 heterocycles. The lowest BCUT2D eigenvalue weighted by Crippen LogP contribution is -1.98. The van der Waals surface area contributed by atoms with Gasteiger partial charge in [0.05, 0.1) is 0 Å². The molecule has 0 amide bonds. The molecule has 0 radical (unpaired) electrons. The number of aromatic nitrogens is 2. The standard InChI is InChI=1S/C12H11Cl2N3O/c1-6-3-8(13)4-7(2)10(6)18-12-9(14)11(15)16-5-17-12/h3-5H,1-2H3,(H2,15,16,17). The summed E-state index contributed by atoms with van der Waals surface area (Å²) in [6, 6.07) is 3.62. The largest absolute Gasteiger partial charge is 0.437 e. The van der Waals surface area contributed by atoms with Crippen LogP contribution in [-0.4, -0.2) is 9.97 Å². The van der Waals surface area contributed by atoms with Crippen molar-refractivity contribution >= 4 is 29.0 Å². The molecule has 0 aliphatic rings. The first-order valence-corrected chi connectivity index (χ1v) is 5.95. The summed E-state index contributed by atoms with van der Waals surface area (Å²) in [5.74, 6) is 1.09. The molecule has 4 nitrogen and oxygen atoms in total. The number of benzene rings is 1. The molecule has 6 heteroatoms. The van der Waals surface area contributed by atoms with E-state index >= 15 is 0 Å². The van der Waals surface area contributed by atoms with Crippen LogP contribution in [0.2, 0.25) is 10.0 Å². The van der Waals surface area contributed by atoms with E-state index in [4.69, 9.17) is 33.7 Å². The van der Waals surface area contributed by atoms with Crippen molar-refractivity contribution in [3.8, 4) is 11.6 Å². The maximum atomic E-state index is 5.98. The van der Waals surface area contributed by atoms with Crippen molar-refractivity contribution in [2.24, 2.45) is 0 Å². The van der Waals surface area contributed by atoms with E-state index in [0.717, 1.165) is 11.1 Å². The van der Waals surface area contributed by atoms with Crippen LogP contribution in [0.4, 0.5) is 5.82 Å². The van der Waals surface area contributed by atoms with Gasteiger partial charge < -0.3 is 10.5 Å². The molecule has 0 aliphatic carbocycles. The number of hydrogen-bond donors (Lipinski definition) is 1. The number of nitrogens with zero attached hydrogens (tertiary/aromatic N) is 2. The molecule has 1 aromatic heterocycles. The van der Waals surface area contributed by atoms with Crippen LogP contribution in [0.1, 0.15) is 11.1 Å². The lowest BCUT2D eigenvalue weighted by molar-refractivity contribution is 0.455. The number of nitrogen functional groups attached to an aromatic ring is 1. The number of nitrogens with two attached hydrogens (primary N) is 1. The zero-order valence-corrected chi connectivity index (χ0v) is 11.4.